The van der Waals surface area contributed by atoms with Crippen LogP contribution in [-0.2, 0) is 0 Å². The van der Waals surface area contributed by atoms with E-state index in [0.29, 0.717) is 22.8 Å². The van der Waals surface area contributed by atoms with Crippen molar-refractivity contribution in [1.29, 1.82) is 0 Å². The van der Waals surface area contributed by atoms with Crippen LogP contribution in [-0.4, -0.2) is 47.7 Å². The molecule has 0 aromatic carbocycles. The van der Waals surface area contributed by atoms with Crippen LogP contribution in [0.15, 0.2) is 55.1 Å². The Morgan fingerprint density at radius 2 is 1.94 bits per heavy atom. The lowest BCUT2D eigenvalue weighted by molar-refractivity contribution is 0.102. The van der Waals surface area contributed by atoms with Gasteiger partial charge in [-0.1, -0.05) is 0 Å². The van der Waals surface area contributed by atoms with Gasteiger partial charge in [0.2, 0.25) is 0 Å². The number of aromatic hydroxyl groups is 1. The minimum Gasteiger partial charge on any atom is -0.504 e. The number of nitrogens with one attached hydrogen (secondary N) is 3. The van der Waals surface area contributed by atoms with Crippen LogP contribution >= 0.6 is 0 Å². The van der Waals surface area contributed by atoms with E-state index < -0.39 is 0 Å². The number of amides is 1. The van der Waals surface area contributed by atoms with Gasteiger partial charge in [-0.25, -0.2) is 14.5 Å². The predicted octanol–water partition coefficient (Wildman–Crippen LogP) is 3.15. The lowest BCUT2D eigenvalue weighted by Crippen LogP contribution is -2.22. The number of fused-ring (bicyclic) bond motifs is 1. The molecule has 6 N–H and O–H groups in total. The number of aromatic nitrogens is 5. The van der Waals surface area contributed by atoms with Crippen molar-refractivity contribution in [2.24, 2.45) is 5.73 Å². The highest BCUT2D eigenvalue weighted by Crippen LogP contribution is 2.28. The third-order valence-corrected chi connectivity index (χ3v) is 5.13. The summed E-state index contributed by atoms with van der Waals surface area (Å²) < 4.78 is 1.46. The predicted molar refractivity (Wildman–Crippen MR) is 130 cm³/mol. The number of carbonyl (C=O) groups is 1. The highest BCUT2D eigenvalue weighted by molar-refractivity contribution is 6.03. The summed E-state index contributed by atoms with van der Waals surface area (Å²) in [7, 11) is 0. The van der Waals surface area contributed by atoms with Gasteiger partial charge in [-0.15, -0.1) is 5.10 Å². The number of hydrogen-bond acceptors (Lipinski definition) is 9. The van der Waals surface area contributed by atoms with E-state index in [9.17, 15) is 9.90 Å². The van der Waals surface area contributed by atoms with Crippen LogP contribution in [0.3, 0.4) is 0 Å². The first kappa shape index (κ1) is 22.9. The third-order valence-electron chi connectivity index (χ3n) is 5.13. The molecule has 176 valence electrons. The van der Waals surface area contributed by atoms with Crippen LogP contribution in [0.2, 0.25) is 0 Å². The third kappa shape index (κ3) is 5.38. The maximum atomic E-state index is 13.0. The Balaban J connectivity index is 1.70. The molecule has 2 atom stereocenters. The molecule has 0 bridgehead atoms. The summed E-state index contributed by atoms with van der Waals surface area (Å²) in [6.45, 7) is 4.01. The highest BCUT2D eigenvalue weighted by Gasteiger charge is 2.19. The van der Waals surface area contributed by atoms with Crippen molar-refractivity contribution in [3.8, 4) is 5.75 Å². The summed E-state index contributed by atoms with van der Waals surface area (Å²) in [5.74, 6) is 0.398. The van der Waals surface area contributed by atoms with Gasteiger partial charge in [0.25, 0.3) is 5.91 Å². The fourth-order valence-electron chi connectivity index (χ4n) is 3.37. The largest absolute Gasteiger partial charge is 0.504 e. The zero-order valence-electron chi connectivity index (χ0n) is 18.9. The average Bonchev–Trinajstić information content (AvgIpc) is 3.24. The Morgan fingerprint density at radius 3 is 2.68 bits per heavy atom. The molecule has 4 rings (SSSR count). The van der Waals surface area contributed by atoms with E-state index in [-0.39, 0.29) is 35.3 Å². The molecule has 4 aromatic heterocycles. The van der Waals surface area contributed by atoms with E-state index in [1.807, 2.05) is 13.8 Å². The summed E-state index contributed by atoms with van der Waals surface area (Å²) in [4.78, 5) is 25.5. The molecule has 0 aliphatic carbocycles. The second kappa shape index (κ2) is 10.1. The van der Waals surface area contributed by atoms with Gasteiger partial charge in [0, 0.05) is 42.4 Å². The van der Waals surface area contributed by atoms with Crippen LogP contribution in [0.4, 0.5) is 23.0 Å². The first-order valence-corrected chi connectivity index (χ1v) is 10.9. The molecule has 0 saturated heterocycles. The van der Waals surface area contributed by atoms with E-state index in [1.54, 1.807) is 42.9 Å². The molecular weight excluding hydrogens is 434 g/mol. The van der Waals surface area contributed by atoms with Gasteiger partial charge in [0.15, 0.2) is 22.9 Å². The van der Waals surface area contributed by atoms with Gasteiger partial charge in [-0.2, -0.15) is 0 Å². The van der Waals surface area contributed by atoms with Crippen molar-refractivity contribution in [1.82, 2.24) is 24.6 Å². The van der Waals surface area contributed by atoms with Gasteiger partial charge in [0.1, 0.15) is 5.82 Å². The number of imidazole rings is 1. The maximum absolute atomic E-state index is 13.0. The highest BCUT2D eigenvalue weighted by atomic mass is 16.3. The summed E-state index contributed by atoms with van der Waals surface area (Å²) in [5.41, 5.74) is 7.66. The molecule has 0 saturated carbocycles. The molecule has 4 aromatic rings. The van der Waals surface area contributed by atoms with Crippen molar-refractivity contribution in [3.63, 3.8) is 0 Å². The molecule has 34 heavy (non-hydrogen) atoms. The Labute approximate surface area is 196 Å². The lowest BCUT2D eigenvalue weighted by atomic mass is 10.1. The van der Waals surface area contributed by atoms with E-state index in [2.05, 4.69) is 36.0 Å². The van der Waals surface area contributed by atoms with Crippen LogP contribution < -0.4 is 21.7 Å². The molecule has 0 unspecified atom stereocenters. The van der Waals surface area contributed by atoms with Crippen LogP contribution in [0.5, 0.6) is 5.75 Å². The molecule has 11 nitrogen and oxygen atoms in total. The fraction of sp³-hybridized carbons (Fsp3) is 0.261. The summed E-state index contributed by atoms with van der Waals surface area (Å²) in [5, 5.41) is 24.1. The van der Waals surface area contributed by atoms with Crippen molar-refractivity contribution in [2.75, 3.05) is 16.0 Å². The Bertz CT molecular complexity index is 1270. The van der Waals surface area contributed by atoms with E-state index in [4.69, 9.17) is 5.73 Å². The van der Waals surface area contributed by atoms with Crippen LogP contribution in [0.1, 0.15) is 37.2 Å². The van der Waals surface area contributed by atoms with Gasteiger partial charge in [-0.05, 0) is 51.0 Å². The molecule has 11 heteroatoms. The molecule has 4 heterocycles. The fourth-order valence-corrected chi connectivity index (χ4v) is 3.37. The number of anilines is 4. The second-order valence-corrected chi connectivity index (χ2v) is 8.11. The van der Waals surface area contributed by atoms with Crippen molar-refractivity contribution in [2.45, 2.75) is 38.8 Å². The van der Waals surface area contributed by atoms with Crippen LogP contribution in [0.25, 0.3) is 5.65 Å². The average molecular weight is 462 g/mol. The molecule has 0 aliphatic heterocycles. The van der Waals surface area contributed by atoms with Gasteiger partial charge in [0.05, 0.1) is 11.9 Å². The maximum Gasteiger partial charge on any atom is 0.276 e. The number of rotatable bonds is 9. The molecule has 0 aliphatic rings. The summed E-state index contributed by atoms with van der Waals surface area (Å²) in [6, 6.07) is 8.50. The van der Waals surface area contributed by atoms with Crippen molar-refractivity contribution in [3.05, 3.63) is 60.8 Å². The first-order chi connectivity index (χ1) is 16.4. The topological polar surface area (TPSA) is 155 Å². The monoisotopic (exact) mass is 461 g/mol. The van der Waals surface area contributed by atoms with E-state index in [1.165, 1.54) is 16.8 Å². The van der Waals surface area contributed by atoms with E-state index >= 15 is 0 Å². The number of pyridine rings is 2. The molecule has 0 radical (unpaired) electrons. The first-order valence-electron chi connectivity index (χ1n) is 10.9. The number of carbonyl (C=O) groups excluding carboxylic acids is 1. The van der Waals surface area contributed by atoms with E-state index in [0.717, 1.165) is 12.8 Å². The molecule has 1 amide bonds. The number of nitrogens with zero attached hydrogens (tertiary/aromatic N) is 5. The molecule has 0 spiro atoms. The number of hydrogen-bond donors (Lipinski definition) is 5. The Hall–Kier alpha value is -4.25. The van der Waals surface area contributed by atoms with Gasteiger partial charge in [-0.3, -0.25) is 9.78 Å². The summed E-state index contributed by atoms with van der Waals surface area (Å²) >= 11 is 0. The van der Waals surface area contributed by atoms with Crippen molar-refractivity contribution >= 4 is 34.6 Å². The Kier molecular flexibility index (Phi) is 6.83. The van der Waals surface area contributed by atoms with Gasteiger partial charge >= 0.3 is 0 Å². The minimum absolute atomic E-state index is 0.0144. The SMILES string of the molecule is C[C@H](CC[C@@H](C)N)Nc1cc(Nc2ncccc2O)c2ncc(C(=O)Nc3ccncc3)n2n1. The quantitative estimate of drug-likeness (QED) is 0.253. The van der Waals surface area contributed by atoms with Crippen molar-refractivity contribution < 1.29 is 9.90 Å². The second-order valence-electron chi connectivity index (χ2n) is 8.11. The minimum atomic E-state index is -0.375. The zero-order valence-corrected chi connectivity index (χ0v) is 18.9. The standard InChI is InChI=1S/C23H27N9O2/c1-14(24)5-6-15(2)28-20-12-17(30-21-19(33)4-3-9-26-21)22-27-13-18(32(22)31-20)23(34)29-16-7-10-25-11-8-16/h3-4,7-15,33H,5-6,24H2,1-2H3,(H,26,30)(H,28,31)(H,25,29,34)/t14-,15-/m1/s1. The van der Waals surface area contributed by atoms with Crippen LogP contribution in [0, 0.1) is 0 Å². The molecule has 0 fully saturated rings. The Morgan fingerprint density at radius 1 is 1.15 bits per heavy atom. The summed E-state index contributed by atoms with van der Waals surface area (Å²) in [6.07, 6.45) is 7.90. The van der Waals surface area contributed by atoms with Gasteiger partial charge < -0.3 is 26.8 Å². The zero-order chi connectivity index (χ0) is 24.1. The lowest BCUT2D eigenvalue weighted by Gasteiger charge is -2.17. The number of nitrogens with two attached hydrogens (primary N) is 1. The smallest absolute Gasteiger partial charge is 0.276 e. The molecular formula is C23H27N9O2. The normalized spacial score (nSPS) is 12.8.